The summed E-state index contributed by atoms with van der Waals surface area (Å²) in [6, 6.07) is 15.8. The maximum absolute atomic E-state index is 13.2. The average Bonchev–Trinajstić information content (AvgIpc) is 3.50. The van der Waals surface area contributed by atoms with E-state index in [-0.39, 0.29) is 30.6 Å². The highest BCUT2D eigenvalue weighted by atomic mass is 16.6. The summed E-state index contributed by atoms with van der Waals surface area (Å²) in [7, 11) is 0. The summed E-state index contributed by atoms with van der Waals surface area (Å²) in [5, 5.41) is 9.80. The minimum atomic E-state index is -0.893. The Kier molecular flexibility index (Phi) is 6.89. The van der Waals surface area contributed by atoms with Crippen molar-refractivity contribution in [3.8, 4) is 11.1 Å². The fourth-order valence-electron chi connectivity index (χ4n) is 6.34. The number of carbonyl (C=O) groups excluding carboxylic acids is 2. The lowest BCUT2D eigenvalue weighted by molar-refractivity contribution is -0.146. The molecule has 0 spiro atoms. The SMILES string of the molecule is O=C(C[C@H](C(=O)O)C1CCCCC1)C1CCCN1C(=O)OCC1c2ccccc2-c2ccccc21. The van der Waals surface area contributed by atoms with Crippen LogP contribution in [-0.4, -0.2) is 47.0 Å². The number of hydrogen-bond donors (Lipinski definition) is 1. The van der Waals surface area contributed by atoms with E-state index in [1.54, 1.807) is 0 Å². The quantitative estimate of drug-likeness (QED) is 0.560. The summed E-state index contributed by atoms with van der Waals surface area (Å²) in [5.41, 5.74) is 4.63. The van der Waals surface area contributed by atoms with Crippen LogP contribution in [0, 0.1) is 11.8 Å². The van der Waals surface area contributed by atoms with E-state index in [2.05, 4.69) is 24.3 Å². The molecular formula is C29H33NO5. The van der Waals surface area contributed by atoms with E-state index >= 15 is 0 Å². The molecule has 1 aliphatic heterocycles. The van der Waals surface area contributed by atoms with Crippen LogP contribution < -0.4 is 0 Å². The van der Waals surface area contributed by atoms with Gasteiger partial charge in [0.1, 0.15) is 6.61 Å². The summed E-state index contributed by atoms with van der Waals surface area (Å²) in [4.78, 5) is 39.8. The van der Waals surface area contributed by atoms with Gasteiger partial charge in [-0.3, -0.25) is 14.5 Å². The summed E-state index contributed by atoms with van der Waals surface area (Å²) < 4.78 is 5.79. The van der Waals surface area contributed by atoms with Crippen molar-refractivity contribution in [2.45, 2.75) is 63.3 Å². The minimum Gasteiger partial charge on any atom is -0.481 e. The van der Waals surface area contributed by atoms with Crippen molar-refractivity contribution in [2.75, 3.05) is 13.2 Å². The first-order valence-electron chi connectivity index (χ1n) is 12.9. The molecule has 1 saturated heterocycles. The number of fused-ring (bicyclic) bond motifs is 3. The first-order chi connectivity index (χ1) is 17.0. The van der Waals surface area contributed by atoms with Gasteiger partial charge >= 0.3 is 12.1 Å². The Morgan fingerprint density at radius 3 is 2.14 bits per heavy atom. The molecule has 6 nitrogen and oxygen atoms in total. The van der Waals surface area contributed by atoms with Crippen LogP contribution >= 0.6 is 0 Å². The highest BCUT2D eigenvalue weighted by Crippen LogP contribution is 2.44. The van der Waals surface area contributed by atoms with Gasteiger partial charge in [-0.1, -0.05) is 67.8 Å². The van der Waals surface area contributed by atoms with Gasteiger partial charge in [-0.2, -0.15) is 0 Å². The van der Waals surface area contributed by atoms with Crippen molar-refractivity contribution in [2.24, 2.45) is 11.8 Å². The normalized spacial score (nSPS) is 20.8. The van der Waals surface area contributed by atoms with Crippen molar-refractivity contribution in [1.82, 2.24) is 4.90 Å². The first-order valence-corrected chi connectivity index (χ1v) is 12.9. The molecule has 1 N–H and O–H groups in total. The number of ether oxygens (including phenoxy) is 1. The monoisotopic (exact) mass is 475 g/mol. The molecule has 0 radical (unpaired) electrons. The molecule has 0 bridgehead atoms. The molecule has 1 saturated carbocycles. The number of ketones is 1. The van der Waals surface area contributed by atoms with Gasteiger partial charge < -0.3 is 9.84 Å². The molecule has 184 valence electrons. The fraction of sp³-hybridized carbons (Fsp3) is 0.483. The number of Topliss-reactive ketones (excluding diaryl/α,β-unsaturated/α-hetero) is 1. The number of aliphatic carboxylic acids is 1. The van der Waals surface area contributed by atoms with Gasteiger partial charge in [-0.05, 0) is 53.9 Å². The zero-order chi connectivity index (χ0) is 24.4. The molecule has 35 heavy (non-hydrogen) atoms. The predicted octanol–water partition coefficient (Wildman–Crippen LogP) is 5.64. The fourth-order valence-corrected chi connectivity index (χ4v) is 6.34. The lowest BCUT2D eigenvalue weighted by atomic mass is 9.77. The van der Waals surface area contributed by atoms with Crippen molar-refractivity contribution in [1.29, 1.82) is 0 Å². The summed E-state index contributed by atoms with van der Waals surface area (Å²) in [6.07, 6.45) is 5.73. The van der Waals surface area contributed by atoms with Crippen molar-refractivity contribution < 1.29 is 24.2 Å². The number of likely N-dealkylation sites (tertiary alicyclic amines) is 1. The van der Waals surface area contributed by atoms with Crippen LogP contribution in [0.4, 0.5) is 4.79 Å². The summed E-state index contributed by atoms with van der Waals surface area (Å²) in [6.45, 7) is 0.679. The standard InChI is InChI=1S/C29H33NO5/c31-27(17-24(28(32)33)19-9-2-1-3-10-19)26-15-8-16-30(26)29(34)35-18-25-22-13-6-4-11-20(22)21-12-5-7-14-23(21)25/h4-7,11-14,19,24-26H,1-3,8-10,15-18H2,(H,32,33)/t24-,26?/m0/s1. The Balaban J connectivity index is 1.24. The van der Waals surface area contributed by atoms with Crippen LogP contribution in [0.25, 0.3) is 11.1 Å². The lowest BCUT2D eigenvalue weighted by Gasteiger charge is -2.29. The maximum Gasteiger partial charge on any atom is 0.410 e. The van der Waals surface area contributed by atoms with E-state index in [0.717, 1.165) is 49.7 Å². The molecule has 1 unspecified atom stereocenters. The largest absolute Gasteiger partial charge is 0.481 e. The van der Waals surface area contributed by atoms with Gasteiger partial charge in [-0.15, -0.1) is 0 Å². The Bertz CT molecular complexity index is 1060. The molecular weight excluding hydrogens is 442 g/mol. The third-order valence-corrected chi connectivity index (χ3v) is 8.15. The topological polar surface area (TPSA) is 83.9 Å². The number of carboxylic acid groups (broad SMARTS) is 1. The number of hydrogen-bond acceptors (Lipinski definition) is 4. The number of rotatable bonds is 7. The van der Waals surface area contributed by atoms with E-state index < -0.39 is 24.0 Å². The highest BCUT2D eigenvalue weighted by Gasteiger charge is 2.39. The Morgan fingerprint density at radius 1 is 0.886 bits per heavy atom. The molecule has 1 heterocycles. The van der Waals surface area contributed by atoms with Crippen LogP contribution in [0.3, 0.4) is 0 Å². The molecule has 2 aliphatic carbocycles. The highest BCUT2D eigenvalue weighted by molar-refractivity contribution is 5.90. The number of carbonyl (C=O) groups is 3. The van der Waals surface area contributed by atoms with Crippen LogP contribution in [0.15, 0.2) is 48.5 Å². The van der Waals surface area contributed by atoms with E-state index in [1.807, 2.05) is 24.3 Å². The summed E-state index contributed by atoms with van der Waals surface area (Å²) >= 11 is 0. The molecule has 6 heteroatoms. The van der Waals surface area contributed by atoms with Crippen molar-refractivity contribution in [3.63, 3.8) is 0 Å². The van der Waals surface area contributed by atoms with Crippen LogP contribution in [0.2, 0.25) is 0 Å². The zero-order valence-corrected chi connectivity index (χ0v) is 20.0. The van der Waals surface area contributed by atoms with Gasteiger partial charge in [0.25, 0.3) is 0 Å². The Labute approximate surface area is 206 Å². The molecule has 1 amide bonds. The summed E-state index contributed by atoms with van der Waals surface area (Å²) in [5.74, 6) is -1.68. The van der Waals surface area contributed by atoms with Crippen LogP contribution in [0.5, 0.6) is 0 Å². The third kappa shape index (κ3) is 4.71. The van der Waals surface area contributed by atoms with Gasteiger partial charge in [0.15, 0.2) is 5.78 Å². The van der Waals surface area contributed by atoms with E-state index in [9.17, 15) is 19.5 Å². The maximum atomic E-state index is 13.2. The molecule has 5 rings (SSSR count). The Morgan fingerprint density at radius 2 is 1.51 bits per heavy atom. The zero-order valence-electron chi connectivity index (χ0n) is 20.0. The second kappa shape index (κ2) is 10.2. The average molecular weight is 476 g/mol. The second-order valence-corrected chi connectivity index (χ2v) is 10.2. The molecule has 2 aromatic rings. The van der Waals surface area contributed by atoms with Crippen LogP contribution in [-0.2, 0) is 14.3 Å². The predicted molar refractivity (Wildman–Crippen MR) is 132 cm³/mol. The van der Waals surface area contributed by atoms with E-state index in [4.69, 9.17) is 4.74 Å². The van der Waals surface area contributed by atoms with Crippen LogP contribution in [0.1, 0.15) is 68.4 Å². The number of nitrogens with zero attached hydrogens (tertiary/aromatic N) is 1. The van der Waals surface area contributed by atoms with Gasteiger partial charge in [0, 0.05) is 18.9 Å². The number of carboxylic acids is 1. The molecule has 2 aromatic carbocycles. The lowest BCUT2D eigenvalue weighted by Crippen LogP contribution is -2.42. The number of amides is 1. The third-order valence-electron chi connectivity index (χ3n) is 8.15. The van der Waals surface area contributed by atoms with E-state index in [0.29, 0.717) is 13.0 Å². The minimum absolute atomic E-state index is 0.00216. The smallest absolute Gasteiger partial charge is 0.410 e. The molecule has 3 aliphatic rings. The molecule has 2 fully saturated rings. The van der Waals surface area contributed by atoms with Crippen molar-refractivity contribution >= 4 is 17.8 Å². The van der Waals surface area contributed by atoms with Gasteiger partial charge in [0.05, 0.1) is 12.0 Å². The van der Waals surface area contributed by atoms with E-state index in [1.165, 1.54) is 16.0 Å². The Hall–Kier alpha value is -3.15. The first kappa shape index (κ1) is 23.6. The molecule has 2 atom stereocenters. The van der Waals surface area contributed by atoms with Crippen molar-refractivity contribution in [3.05, 3.63) is 59.7 Å². The second-order valence-electron chi connectivity index (χ2n) is 10.2. The molecule has 0 aromatic heterocycles. The number of benzene rings is 2. The van der Waals surface area contributed by atoms with Gasteiger partial charge in [-0.25, -0.2) is 4.79 Å². The van der Waals surface area contributed by atoms with Gasteiger partial charge in [0.2, 0.25) is 0 Å².